The number of nitrogens with zero attached hydrogens (tertiary/aromatic N) is 5. The summed E-state index contributed by atoms with van der Waals surface area (Å²) < 4.78 is 5.38. The van der Waals surface area contributed by atoms with E-state index >= 15 is 0 Å². The van der Waals surface area contributed by atoms with Gasteiger partial charge in [-0.15, -0.1) is 11.3 Å². The molecule has 0 aliphatic rings. The summed E-state index contributed by atoms with van der Waals surface area (Å²) in [6, 6.07) is 0. The fraction of sp³-hybridized carbons (Fsp3) is 0.368. The molecule has 0 saturated carbocycles. The van der Waals surface area contributed by atoms with Crippen LogP contribution in [-0.2, 0) is 19.5 Å². The van der Waals surface area contributed by atoms with Gasteiger partial charge in [0.05, 0.1) is 5.69 Å². The summed E-state index contributed by atoms with van der Waals surface area (Å²) in [4.78, 5) is 38.6. The largest absolute Gasteiger partial charge is 0.330 e. The Morgan fingerprint density at radius 3 is 2.68 bits per heavy atom. The molecule has 0 amide bonds. The number of hydrogen-bond acceptors (Lipinski definition) is 5. The number of aryl methyl sites for hydroxylation is 2. The first kappa shape index (κ1) is 18.4. The SMILES string of the molecule is CCn1c(=O)[nH]c(=O)c2c1nc(Cc1cn3cc(C)sc3n1)n2CC=C(C)C. The molecule has 0 bridgehead atoms. The molecule has 0 aliphatic heterocycles. The van der Waals surface area contributed by atoms with Crippen LogP contribution in [-0.4, -0.2) is 28.5 Å². The smallest absolute Gasteiger partial charge is 0.318 e. The van der Waals surface area contributed by atoms with Crippen molar-refractivity contribution in [2.24, 2.45) is 0 Å². The van der Waals surface area contributed by atoms with E-state index in [1.165, 1.54) is 9.44 Å². The highest BCUT2D eigenvalue weighted by Crippen LogP contribution is 2.20. The second kappa shape index (κ2) is 6.90. The van der Waals surface area contributed by atoms with E-state index in [9.17, 15) is 9.59 Å². The third-order valence-corrected chi connectivity index (χ3v) is 5.54. The Kier molecular flexibility index (Phi) is 4.54. The van der Waals surface area contributed by atoms with Crippen LogP contribution in [0.25, 0.3) is 16.1 Å². The molecule has 0 unspecified atom stereocenters. The van der Waals surface area contributed by atoms with Gasteiger partial charge in [0.1, 0.15) is 5.82 Å². The number of nitrogens with one attached hydrogen (secondary N) is 1. The zero-order chi connectivity index (χ0) is 20.0. The number of allylic oxidation sites excluding steroid dienone is 2. The van der Waals surface area contributed by atoms with Crippen molar-refractivity contribution in [2.75, 3.05) is 0 Å². The Balaban J connectivity index is 1.89. The first-order chi connectivity index (χ1) is 13.4. The van der Waals surface area contributed by atoms with Crippen LogP contribution in [0.15, 0.2) is 33.6 Å². The Bertz CT molecular complexity index is 1290. The number of aromatic nitrogens is 6. The molecule has 4 aromatic heterocycles. The second-order valence-corrected chi connectivity index (χ2v) is 8.25. The first-order valence-corrected chi connectivity index (χ1v) is 9.98. The topological polar surface area (TPSA) is 90.0 Å². The minimum atomic E-state index is -0.434. The van der Waals surface area contributed by atoms with E-state index < -0.39 is 11.2 Å². The molecule has 4 heterocycles. The molecule has 0 atom stereocenters. The predicted molar refractivity (Wildman–Crippen MR) is 110 cm³/mol. The minimum absolute atomic E-state index is 0.410. The Hall–Kier alpha value is -2.94. The van der Waals surface area contributed by atoms with Crippen LogP contribution in [0.1, 0.15) is 37.2 Å². The molecule has 9 heteroatoms. The number of thiazole rings is 1. The summed E-state index contributed by atoms with van der Waals surface area (Å²) in [5, 5.41) is 0. The maximum Gasteiger partial charge on any atom is 0.330 e. The highest BCUT2D eigenvalue weighted by molar-refractivity contribution is 7.16. The van der Waals surface area contributed by atoms with Gasteiger partial charge >= 0.3 is 5.69 Å². The van der Waals surface area contributed by atoms with Gasteiger partial charge in [-0.05, 0) is 27.7 Å². The van der Waals surface area contributed by atoms with Gasteiger partial charge in [0.25, 0.3) is 5.56 Å². The quantitative estimate of drug-likeness (QED) is 0.523. The van der Waals surface area contributed by atoms with E-state index in [2.05, 4.69) is 15.0 Å². The maximum atomic E-state index is 12.6. The van der Waals surface area contributed by atoms with Gasteiger partial charge in [0.15, 0.2) is 16.1 Å². The normalized spacial score (nSPS) is 11.6. The monoisotopic (exact) mass is 398 g/mol. The van der Waals surface area contributed by atoms with Crippen molar-refractivity contribution >= 4 is 27.5 Å². The van der Waals surface area contributed by atoms with Crippen LogP contribution in [0.5, 0.6) is 0 Å². The van der Waals surface area contributed by atoms with E-state index in [0.717, 1.165) is 16.2 Å². The molecule has 4 aromatic rings. The van der Waals surface area contributed by atoms with Crippen molar-refractivity contribution in [3.05, 3.63) is 61.3 Å². The molecule has 8 nitrogen and oxygen atoms in total. The Morgan fingerprint density at radius 1 is 1.21 bits per heavy atom. The average Bonchev–Trinajstić information content (AvgIpc) is 3.24. The van der Waals surface area contributed by atoms with E-state index in [1.807, 2.05) is 55.1 Å². The molecule has 0 radical (unpaired) electrons. The van der Waals surface area contributed by atoms with E-state index in [-0.39, 0.29) is 0 Å². The molecule has 0 spiro atoms. The van der Waals surface area contributed by atoms with Crippen LogP contribution in [0.4, 0.5) is 0 Å². The lowest BCUT2D eigenvalue weighted by molar-refractivity contribution is 0.718. The van der Waals surface area contributed by atoms with Gasteiger partial charge < -0.3 is 4.57 Å². The third kappa shape index (κ3) is 3.11. The summed E-state index contributed by atoms with van der Waals surface area (Å²) in [6.45, 7) is 8.88. The van der Waals surface area contributed by atoms with E-state index in [1.54, 1.807) is 11.3 Å². The van der Waals surface area contributed by atoms with Crippen LogP contribution in [0, 0.1) is 6.92 Å². The molecular weight excluding hydrogens is 376 g/mol. The van der Waals surface area contributed by atoms with Crippen LogP contribution in [0.2, 0.25) is 0 Å². The standard InChI is InChI=1S/C19H22N6O2S/c1-5-24-16-15(17(26)22-18(24)27)25(7-6-11(2)3)14(21-16)8-13-10-23-9-12(4)28-19(23)20-13/h6,9-10H,5,7-8H2,1-4H3,(H,22,26,27). The molecule has 0 aromatic carbocycles. The van der Waals surface area contributed by atoms with Crippen LogP contribution in [0.3, 0.4) is 0 Å². The van der Waals surface area contributed by atoms with Crippen molar-refractivity contribution in [3.63, 3.8) is 0 Å². The molecule has 0 saturated heterocycles. The summed E-state index contributed by atoms with van der Waals surface area (Å²) in [5.74, 6) is 0.716. The van der Waals surface area contributed by atoms with Gasteiger partial charge in [-0.2, -0.15) is 0 Å². The molecule has 0 fully saturated rings. The van der Waals surface area contributed by atoms with Crippen LogP contribution < -0.4 is 11.2 Å². The van der Waals surface area contributed by atoms with Crippen LogP contribution >= 0.6 is 11.3 Å². The number of H-pyrrole nitrogens is 1. The maximum absolute atomic E-state index is 12.6. The molecular formula is C19H22N6O2S. The third-order valence-electron chi connectivity index (χ3n) is 4.62. The number of imidazole rings is 2. The highest BCUT2D eigenvalue weighted by Gasteiger charge is 2.19. The number of aromatic amines is 1. The number of fused-ring (bicyclic) bond motifs is 2. The fourth-order valence-corrected chi connectivity index (χ4v) is 4.15. The van der Waals surface area contributed by atoms with E-state index in [4.69, 9.17) is 0 Å². The Labute approximate surface area is 164 Å². The van der Waals surface area contributed by atoms with Gasteiger partial charge in [-0.3, -0.25) is 18.7 Å². The van der Waals surface area contributed by atoms with Crippen molar-refractivity contribution in [3.8, 4) is 0 Å². The average molecular weight is 398 g/mol. The molecule has 4 rings (SSSR count). The zero-order valence-electron chi connectivity index (χ0n) is 16.3. The predicted octanol–water partition coefficient (Wildman–Crippen LogP) is 2.48. The summed E-state index contributed by atoms with van der Waals surface area (Å²) in [6.07, 6.45) is 6.55. The van der Waals surface area contributed by atoms with Crippen molar-refractivity contribution < 1.29 is 0 Å². The lowest BCUT2D eigenvalue weighted by Crippen LogP contribution is -2.30. The van der Waals surface area contributed by atoms with Gasteiger partial charge in [0.2, 0.25) is 0 Å². The zero-order valence-corrected chi connectivity index (χ0v) is 17.1. The summed E-state index contributed by atoms with van der Waals surface area (Å²) in [7, 11) is 0. The lowest BCUT2D eigenvalue weighted by Gasteiger charge is -2.06. The Morgan fingerprint density at radius 2 is 2.00 bits per heavy atom. The lowest BCUT2D eigenvalue weighted by atomic mass is 10.3. The number of rotatable bonds is 5. The van der Waals surface area contributed by atoms with Gasteiger partial charge in [0, 0.05) is 36.8 Å². The van der Waals surface area contributed by atoms with E-state index in [0.29, 0.717) is 36.5 Å². The molecule has 28 heavy (non-hydrogen) atoms. The molecule has 1 N–H and O–H groups in total. The molecule has 146 valence electrons. The molecule has 0 aliphatic carbocycles. The van der Waals surface area contributed by atoms with Gasteiger partial charge in [-0.1, -0.05) is 11.6 Å². The highest BCUT2D eigenvalue weighted by atomic mass is 32.1. The van der Waals surface area contributed by atoms with Crippen molar-refractivity contribution in [1.29, 1.82) is 0 Å². The summed E-state index contributed by atoms with van der Waals surface area (Å²) >= 11 is 1.63. The number of hydrogen-bond donors (Lipinski definition) is 1. The second-order valence-electron chi connectivity index (χ2n) is 7.04. The first-order valence-electron chi connectivity index (χ1n) is 9.17. The van der Waals surface area contributed by atoms with Crippen molar-refractivity contribution in [2.45, 2.75) is 47.2 Å². The van der Waals surface area contributed by atoms with Crippen molar-refractivity contribution in [1.82, 2.24) is 28.5 Å². The minimum Gasteiger partial charge on any atom is -0.318 e. The summed E-state index contributed by atoms with van der Waals surface area (Å²) in [5.41, 5.74) is 2.02. The van der Waals surface area contributed by atoms with Gasteiger partial charge in [-0.25, -0.2) is 14.8 Å². The fourth-order valence-electron chi connectivity index (χ4n) is 3.32.